The molecule has 104 valence electrons. The number of hydrogen-bond acceptors (Lipinski definition) is 1. The lowest BCUT2D eigenvalue weighted by atomic mass is 9.75. The smallest absolute Gasteiger partial charge is 0.123 e. The first-order valence-corrected chi connectivity index (χ1v) is 7.21. The molecule has 0 heterocycles. The Labute approximate surface area is 119 Å². The summed E-state index contributed by atoms with van der Waals surface area (Å²) < 4.78 is 12.9. The van der Waals surface area contributed by atoms with Gasteiger partial charge in [-0.25, -0.2) is 4.39 Å². The van der Waals surface area contributed by atoms with E-state index in [1.54, 1.807) is 12.1 Å². The summed E-state index contributed by atoms with van der Waals surface area (Å²) >= 11 is 0. The van der Waals surface area contributed by atoms with Gasteiger partial charge in [-0.05, 0) is 67.5 Å². The van der Waals surface area contributed by atoms with E-state index in [1.165, 1.54) is 22.4 Å². The van der Waals surface area contributed by atoms with Gasteiger partial charge in [0.05, 0.1) is 0 Å². The normalized spacial score (nSPS) is 21.4. The van der Waals surface area contributed by atoms with Crippen LogP contribution in [0.25, 0.3) is 0 Å². The SMILES string of the molecule is Cc1cccc(NC2CC(c3ccc(F)cc3)C2)c1C. The van der Waals surface area contributed by atoms with E-state index < -0.39 is 0 Å². The molecule has 0 radical (unpaired) electrons. The summed E-state index contributed by atoms with van der Waals surface area (Å²) in [6.07, 6.45) is 2.25. The predicted molar refractivity (Wildman–Crippen MR) is 81.7 cm³/mol. The van der Waals surface area contributed by atoms with Crippen molar-refractivity contribution in [1.82, 2.24) is 0 Å². The summed E-state index contributed by atoms with van der Waals surface area (Å²) in [5.74, 6) is 0.413. The summed E-state index contributed by atoms with van der Waals surface area (Å²) in [6.45, 7) is 4.30. The molecular formula is C18H20FN. The highest BCUT2D eigenvalue weighted by molar-refractivity contribution is 5.54. The van der Waals surface area contributed by atoms with Gasteiger partial charge in [-0.15, -0.1) is 0 Å². The molecule has 0 amide bonds. The summed E-state index contributed by atoms with van der Waals surface area (Å²) in [6, 6.07) is 13.9. The van der Waals surface area contributed by atoms with Crippen LogP contribution in [-0.2, 0) is 0 Å². The Kier molecular flexibility index (Phi) is 3.47. The van der Waals surface area contributed by atoms with Crippen LogP contribution in [0.15, 0.2) is 42.5 Å². The molecule has 0 saturated heterocycles. The molecule has 0 bridgehead atoms. The van der Waals surface area contributed by atoms with E-state index in [0.717, 1.165) is 12.8 Å². The van der Waals surface area contributed by atoms with Crippen molar-refractivity contribution >= 4 is 5.69 Å². The van der Waals surface area contributed by atoms with Crippen molar-refractivity contribution in [3.63, 3.8) is 0 Å². The lowest BCUT2D eigenvalue weighted by Crippen LogP contribution is -2.34. The Balaban J connectivity index is 1.61. The molecule has 0 aromatic heterocycles. The molecule has 3 rings (SSSR count). The summed E-state index contributed by atoms with van der Waals surface area (Å²) in [5, 5.41) is 3.62. The van der Waals surface area contributed by atoms with Crippen LogP contribution in [0, 0.1) is 19.7 Å². The monoisotopic (exact) mass is 269 g/mol. The van der Waals surface area contributed by atoms with E-state index in [4.69, 9.17) is 0 Å². The third-order valence-corrected chi connectivity index (χ3v) is 4.44. The van der Waals surface area contributed by atoms with Crippen molar-refractivity contribution < 1.29 is 4.39 Å². The molecule has 2 heteroatoms. The van der Waals surface area contributed by atoms with Gasteiger partial charge in [-0.2, -0.15) is 0 Å². The first kappa shape index (κ1) is 13.2. The third-order valence-electron chi connectivity index (χ3n) is 4.44. The van der Waals surface area contributed by atoms with E-state index in [-0.39, 0.29) is 5.82 Å². The van der Waals surface area contributed by atoms with Gasteiger partial charge in [0.25, 0.3) is 0 Å². The zero-order chi connectivity index (χ0) is 14.1. The fourth-order valence-corrected chi connectivity index (χ4v) is 2.87. The molecule has 0 atom stereocenters. The topological polar surface area (TPSA) is 12.0 Å². The number of halogens is 1. The molecule has 2 aromatic carbocycles. The molecule has 1 aliphatic rings. The number of aryl methyl sites for hydroxylation is 1. The second-order valence-electron chi connectivity index (χ2n) is 5.81. The van der Waals surface area contributed by atoms with Gasteiger partial charge in [-0.3, -0.25) is 0 Å². The molecule has 0 spiro atoms. The number of rotatable bonds is 3. The molecular weight excluding hydrogens is 249 g/mol. The Morgan fingerprint density at radius 1 is 1.00 bits per heavy atom. The zero-order valence-electron chi connectivity index (χ0n) is 12.0. The molecule has 1 nitrogen and oxygen atoms in total. The number of nitrogens with one attached hydrogen (secondary N) is 1. The quantitative estimate of drug-likeness (QED) is 0.844. The fraction of sp³-hybridized carbons (Fsp3) is 0.333. The molecule has 1 N–H and O–H groups in total. The third kappa shape index (κ3) is 2.55. The Morgan fingerprint density at radius 2 is 1.70 bits per heavy atom. The van der Waals surface area contributed by atoms with E-state index in [2.05, 4.69) is 37.4 Å². The van der Waals surface area contributed by atoms with Crippen molar-refractivity contribution in [2.24, 2.45) is 0 Å². The molecule has 1 saturated carbocycles. The largest absolute Gasteiger partial charge is 0.382 e. The highest BCUT2D eigenvalue weighted by atomic mass is 19.1. The van der Waals surface area contributed by atoms with Crippen LogP contribution in [0.3, 0.4) is 0 Å². The number of benzene rings is 2. The molecule has 2 aromatic rings. The Hall–Kier alpha value is -1.83. The van der Waals surface area contributed by atoms with Crippen molar-refractivity contribution in [2.45, 2.75) is 38.6 Å². The van der Waals surface area contributed by atoms with Crippen LogP contribution < -0.4 is 5.32 Å². The van der Waals surface area contributed by atoms with Gasteiger partial charge in [0.15, 0.2) is 0 Å². The minimum Gasteiger partial charge on any atom is -0.382 e. The van der Waals surface area contributed by atoms with Crippen LogP contribution in [-0.4, -0.2) is 6.04 Å². The van der Waals surface area contributed by atoms with Crippen molar-refractivity contribution in [3.8, 4) is 0 Å². The predicted octanol–water partition coefficient (Wildman–Crippen LogP) is 4.80. The minimum atomic E-state index is -0.155. The van der Waals surface area contributed by atoms with Crippen molar-refractivity contribution in [2.75, 3.05) is 5.32 Å². The average molecular weight is 269 g/mol. The summed E-state index contributed by atoms with van der Waals surface area (Å²) in [5.41, 5.74) is 5.15. The van der Waals surface area contributed by atoms with E-state index >= 15 is 0 Å². The molecule has 0 unspecified atom stereocenters. The highest BCUT2D eigenvalue weighted by Crippen LogP contribution is 2.39. The van der Waals surface area contributed by atoms with Gasteiger partial charge in [0, 0.05) is 11.7 Å². The lowest BCUT2D eigenvalue weighted by Gasteiger charge is -2.37. The van der Waals surface area contributed by atoms with Crippen LogP contribution in [0.2, 0.25) is 0 Å². The fourth-order valence-electron chi connectivity index (χ4n) is 2.87. The average Bonchev–Trinajstić information content (AvgIpc) is 2.39. The Bertz CT molecular complexity index is 597. The first-order chi connectivity index (χ1) is 9.63. The van der Waals surface area contributed by atoms with E-state index in [1.807, 2.05) is 12.1 Å². The first-order valence-electron chi connectivity index (χ1n) is 7.21. The second-order valence-corrected chi connectivity index (χ2v) is 5.81. The zero-order valence-corrected chi connectivity index (χ0v) is 12.0. The maximum atomic E-state index is 12.9. The molecule has 20 heavy (non-hydrogen) atoms. The van der Waals surface area contributed by atoms with Crippen LogP contribution in [0.5, 0.6) is 0 Å². The maximum absolute atomic E-state index is 12.9. The van der Waals surface area contributed by atoms with Gasteiger partial charge in [0.2, 0.25) is 0 Å². The Morgan fingerprint density at radius 3 is 2.40 bits per heavy atom. The molecule has 1 fully saturated rings. The second kappa shape index (κ2) is 5.28. The van der Waals surface area contributed by atoms with E-state index in [0.29, 0.717) is 12.0 Å². The summed E-state index contributed by atoms with van der Waals surface area (Å²) in [7, 11) is 0. The van der Waals surface area contributed by atoms with Crippen LogP contribution >= 0.6 is 0 Å². The highest BCUT2D eigenvalue weighted by Gasteiger charge is 2.30. The van der Waals surface area contributed by atoms with Gasteiger partial charge < -0.3 is 5.32 Å². The van der Waals surface area contributed by atoms with Crippen molar-refractivity contribution in [1.29, 1.82) is 0 Å². The molecule has 0 aliphatic heterocycles. The van der Waals surface area contributed by atoms with Gasteiger partial charge in [-0.1, -0.05) is 24.3 Å². The lowest BCUT2D eigenvalue weighted by molar-refractivity contribution is 0.373. The number of anilines is 1. The minimum absolute atomic E-state index is 0.155. The van der Waals surface area contributed by atoms with E-state index in [9.17, 15) is 4.39 Å². The number of hydrogen-bond donors (Lipinski definition) is 1. The molecule has 1 aliphatic carbocycles. The standard InChI is InChI=1S/C18H20FN/c1-12-4-3-5-18(13(12)2)20-17-10-15(11-17)14-6-8-16(19)9-7-14/h3-9,15,17,20H,10-11H2,1-2H3. The van der Waals surface area contributed by atoms with Crippen LogP contribution in [0.1, 0.15) is 35.4 Å². The van der Waals surface area contributed by atoms with Gasteiger partial charge >= 0.3 is 0 Å². The van der Waals surface area contributed by atoms with Crippen LogP contribution in [0.4, 0.5) is 10.1 Å². The van der Waals surface area contributed by atoms with Gasteiger partial charge in [0.1, 0.15) is 5.82 Å². The van der Waals surface area contributed by atoms with Crippen molar-refractivity contribution in [3.05, 3.63) is 65.0 Å². The maximum Gasteiger partial charge on any atom is 0.123 e. The summed E-state index contributed by atoms with van der Waals surface area (Å²) in [4.78, 5) is 0.